The third-order valence-electron chi connectivity index (χ3n) is 10.5. The number of carbonyl (C=O) groups excluding carboxylic acids is 1. The lowest BCUT2D eigenvalue weighted by Crippen LogP contribution is -2.50. The first-order chi connectivity index (χ1) is 23.1. The lowest BCUT2D eigenvalue weighted by molar-refractivity contribution is -0.0366. The Balaban J connectivity index is 1.18. The van der Waals surface area contributed by atoms with Gasteiger partial charge in [0.05, 0.1) is 29.6 Å². The quantitative estimate of drug-likeness (QED) is 0.349. The highest BCUT2D eigenvalue weighted by atomic mass is 16.6. The number of fused-ring (bicyclic) bond motifs is 2. The van der Waals surface area contributed by atoms with E-state index in [1.54, 1.807) is 4.90 Å². The van der Waals surface area contributed by atoms with Gasteiger partial charge in [-0.05, 0) is 104 Å². The predicted octanol–water partition coefficient (Wildman–Crippen LogP) is 5.24. The molecule has 2 atom stereocenters. The fraction of sp³-hybridized carbons (Fsp3) is 0.667. The van der Waals surface area contributed by atoms with Crippen LogP contribution in [0, 0.1) is 13.8 Å². The number of likely N-dealkylation sites (tertiary alicyclic amines) is 1. The number of carbonyl (C=O) groups is 1. The molecule has 1 unspecified atom stereocenters. The Morgan fingerprint density at radius 3 is 2.52 bits per heavy atom. The third-order valence-corrected chi connectivity index (χ3v) is 10.5. The number of hydrogen-bond donors (Lipinski definition) is 0. The molecule has 0 spiro atoms. The van der Waals surface area contributed by atoms with Crippen LogP contribution in [0.4, 0.5) is 16.3 Å². The van der Waals surface area contributed by atoms with Gasteiger partial charge in [0, 0.05) is 56.3 Å². The average molecular weight is 661 g/mol. The molecule has 4 aliphatic rings. The number of benzene rings is 1. The molecule has 0 bridgehead atoms. The maximum absolute atomic E-state index is 12.8. The van der Waals surface area contributed by atoms with Crippen LogP contribution < -0.4 is 14.5 Å². The van der Waals surface area contributed by atoms with Crippen LogP contribution >= 0.6 is 0 Å². The Morgan fingerprint density at radius 1 is 1.00 bits per heavy atom. The SMILES string of the molecule is Cc1cc2c(cnn2C2CCCCO2)c(N2CCc3c(nc(OC[C@@H]4CCCN4C)nc3N3CCN(C(=O)OC(C)(C)C)CC3)C2)c1C. The number of aryl methyl sites for hydroxylation is 1. The molecule has 3 saturated heterocycles. The van der Waals surface area contributed by atoms with Crippen LogP contribution in [-0.4, -0.2) is 107 Å². The van der Waals surface area contributed by atoms with Crippen LogP contribution in [0.1, 0.15) is 81.5 Å². The molecule has 2 aromatic heterocycles. The van der Waals surface area contributed by atoms with E-state index in [9.17, 15) is 4.79 Å². The maximum atomic E-state index is 12.8. The van der Waals surface area contributed by atoms with Gasteiger partial charge in [0.15, 0.2) is 6.23 Å². The van der Waals surface area contributed by atoms with Crippen molar-refractivity contribution in [2.75, 3.05) is 69.3 Å². The summed E-state index contributed by atoms with van der Waals surface area (Å²) in [6.45, 7) is 16.6. The van der Waals surface area contributed by atoms with E-state index in [1.165, 1.54) is 28.8 Å². The molecule has 3 aromatic rings. The van der Waals surface area contributed by atoms with Crippen LogP contribution in [0.2, 0.25) is 0 Å². The summed E-state index contributed by atoms with van der Waals surface area (Å²) < 4.78 is 20.3. The van der Waals surface area contributed by atoms with E-state index in [-0.39, 0.29) is 12.3 Å². The molecule has 260 valence electrons. The minimum absolute atomic E-state index is 0.0157. The summed E-state index contributed by atoms with van der Waals surface area (Å²) in [5.41, 5.74) is 6.53. The van der Waals surface area contributed by atoms with Gasteiger partial charge in [0.1, 0.15) is 18.0 Å². The normalized spacial score (nSPS) is 22.3. The first-order valence-corrected chi connectivity index (χ1v) is 17.9. The molecule has 12 heteroatoms. The van der Waals surface area contributed by atoms with Gasteiger partial charge in [-0.25, -0.2) is 9.48 Å². The molecule has 48 heavy (non-hydrogen) atoms. The van der Waals surface area contributed by atoms with Crippen LogP contribution in [0.15, 0.2) is 12.3 Å². The lowest BCUT2D eigenvalue weighted by atomic mass is 9.99. The Bertz CT molecular complexity index is 1640. The first kappa shape index (κ1) is 32.9. The second-order valence-electron chi connectivity index (χ2n) is 15.0. The van der Waals surface area contributed by atoms with Crippen molar-refractivity contribution in [3.63, 3.8) is 0 Å². The van der Waals surface area contributed by atoms with Gasteiger partial charge in [-0.3, -0.25) is 0 Å². The smallest absolute Gasteiger partial charge is 0.410 e. The average Bonchev–Trinajstić information content (AvgIpc) is 3.68. The number of nitrogens with zero attached hydrogens (tertiary/aromatic N) is 8. The van der Waals surface area contributed by atoms with E-state index < -0.39 is 5.60 Å². The number of aromatic nitrogens is 4. The van der Waals surface area contributed by atoms with E-state index in [2.05, 4.69) is 46.3 Å². The van der Waals surface area contributed by atoms with Gasteiger partial charge in [-0.15, -0.1) is 0 Å². The third kappa shape index (κ3) is 6.65. The molecule has 0 radical (unpaired) electrons. The summed E-state index contributed by atoms with van der Waals surface area (Å²) in [6, 6.07) is 3.07. The molecule has 0 saturated carbocycles. The number of likely N-dealkylation sites (N-methyl/N-ethyl adjacent to an activating group) is 1. The molecule has 3 fully saturated rings. The molecule has 12 nitrogen and oxygen atoms in total. The summed E-state index contributed by atoms with van der Waals surface area (Å²) in [5.74, 6) is 0.937. The fourth-order valence-corrected chi connectivity index (χ4v) is 7.65. The standard InChI is InChI=1S/C36H52N8O4/c1-24-20-30-28(21-37-44(30)31-11-7-8-19-46-31)32(25(24)2)43-14-12-27-29(22-43)38-34(47-23-26-10-9-13-40(26)6)39-33(27)41-15-17-42(18-16-41)35(45)48-36(3,4)5/h20-21,26,31H,7-19,22-23H2,1-6H3/t26-,31?/m0/s1. The summed E-state index contributed by atoms with van der Waals surface area (Å²) in [6.07, 6.45) is 8.13. The number of rotatable bonds is 6. The first-order valence-electron chi connectivity index (χ1n) is 17.9. The van der Waals surface area contributed by atoms with Crippen molar-refractivity contribution in [2.45, 2.75) is 97.6 Å². The van der Waals surface area contributed by atoms with Crippen molar-refractivity contribution in [1.29, 1.82) is 0 Å². The number of anilines is 2. The summed E-state index contributed by atoms with van der Waals surface area (Å²) in [5, 5.41) is 6.02. The van der Waals surface area contributed by atoms with Crippen molar-refractivity contribution in [2.24, 2.45) is 0 Å². The van der Waals surface area contributed by atoms with Crippen LogP contribution in [0.3, 0.4) is 0 Å². The second kappa shape index (κ2) is 13.3. The Hall–Kier alpha value is -3.64. The monoisotopic (exact) mass is 660 g/mol. The molecule has 7 rings (SSSR count). The van der Waals surface area contributed by atoms with Gasteiger partial charge >= 0.3 is 12.1 Å². The predicted molar refractivity (Wildman–Crippen MR) is 186 cm³/mol. The van der Waals surface area contributed by atoms with Gasteiger partial charge in [0.2, 0.25) is 0 Å². The van der Waals surface area contributed by atoms with E-state index in [4.69, 9.17) is 29.3 Å². The maximum Gasteiger partial charge on any atom is 0.410 e. The zero-order chi connectivity index (χ0) is 33.6. The Morgan fingerprint density at radius 2 is 1.81 bits per heavy atom. The van der Waals surface area contributed by atoms with Crippen LogP contribution in [-0.2, 0) is 22.4 Å². The summed E-state index contributed by atoms with van der Waals surface area (Å²) in [7, 11) is 2.16. The number of amides is 1. The molecule has 1 aromatic carbocycles. The highest BCUT2D eigenvalue weighted by Gasteiger charge is 2.32. The largest absolute Gasteiger partial charge is 0.462 e. The summed E-state index contributed by atoms with van der Waals surface area (Å²) >= 11 is 0. The highest BCUT2D eigenvalue weighted by molar-refractivity contribution is 5.95. The van der Waals surface area contributed by atoms with E-state index in [0.29, 0.717) is 51.4 Å². The zero-order valence-electron chi connectivity index (χ0n) is 29.6. The minimum atomic E-state index is -0.519. The van der Waals surface area contributed by atoms with E-state index in [1.807, 2.05) is 27.0 Å². The number of piperazine rings is 1. The van der Waals surface area contributed by atoms with Crippen LogP contribution in [0.25, 0.3) is 10.9 Å². The second-order valence-corrected chi connectivity index (χ2v) is 15.0. The van der Waals surface area contributed by atoms with Gasteiger partial charge in [-0.2, -0.15) is 15.1 Å². The molecular weight excluding hydrogens is 608 g/mol. The Kier molecular flexibility index (Phi) is 9.14. The molecule has 0 aliphatic carbocycles. The molecule has 4 aliphatic heterocycles. The van der Waals surface area contributed by atoms with Crippen molar-refractivity contribution < 1.29 is 19.0 Å². The van der Waals surface area contributed by atoms with E-state index >= 15 is 0 Å². The summed E-state index contributed by atoms with van der Waals surface area (Å²) in [4.78, 5) is 31.9. The van der Waals surface area contributed by atoms with Crippen molar-refractivity contribution >= 4 is 28.5 Å². The molecule has 0 N–H and O–H groups in total. The number of ether oxygens (including phenoxy) is 3. The molecule has 6 heterocycles. The molecular formula is C36H52N8O4. The minimum Gasteiger partial charge on any atom is -0.462 e. The van der Waals surface area contributed by atoms with E-state index in [0.717, 1.165) is 74.2 Å². The number of hydrogen-bond acceptors (Lipinski definition) is 10. The zero-order valence-corrected chi connectivity index (χ0v) is 29.6. The molecule has 1 amide bonds. The van der Waals surface area contributed by atoms with Gasteiger partial charge < -0.3 is 33.8 Å². The topological polar surface area (TPSA) is 101 Å². The van der Waals surface area contributed by atoms with Crippen molar-refractivity contribution in [3.05, 3.63) is 34.6 Å². The fourth-order valence-electron chi connectivity index (χ4n) is 7.65. The highest BCUT2D eigenvalue weighted by Crippen LogP contribution is 2.39. The lowest BCUT2D eigenvalue weighted by Gasteiger charge is -2.38. The Labute approximate surface area is 284 Å². The van der Waals surface area contributed by atoms with Crippen molar-refractivity contribution in [1.82, 2.24) is 29.5 Å². The van der Waals surface area contributed by atoms with Crippen molar-refractivity contribution in [3.8, 4) is 6.01 Å². The van der Waals surface area contributed by atoms with Gasteiger partial charge in [-0.1, -0.05) is 0 Å². The van der Waals surface area contributed by atoms with Gasteiger partial charge in [0.25, 0.3) is 0 Å². The van der Waals surface area contributed by atoms with Crippen LogP contribution in [0.5, 0.6) is 6.01 Å².